The lowest BCUT2D eigenvalue weighted by Gasteiger charge is -2.16. The Bertz CT molecular complexity index is 448. The van der Waals surface area contributed by atoms with Crippen molar-refractivity contribution < 1.29 is 19.1 Å². The van der Waals surface area contributed by atoms with Gasteiger partial charge in [0.25, 0.3) is 0 Å². The molecular formula is C13H17FN2O3. The summed E-state index contributed by atoms with van der Waals surface area (Å²) in [5, 5.41) is 13.6. The SMILES string of the molecule is CC(Cc1ccc(F)cc1)NC(=O)NC(C)C(=O)O. The van der Waals surface area contributed by atoms with E-state index < -0.39 is 18.0 Å². The van der Waals surface area contributed by atoms with Crippen molar-refractivity contribution in [3.8, 4) is 0 Å². The van der Waals surface area contributed by atoms with Gasteiger partial charge >= 0.3 is 12.0 Å². The predicted molar refractivity (Wildman–Crippen MR) is 68.3 cm³/mol. The smallest absolute Gasteiger partial charge is 0.325 e. The van der Waals surface area contributed by atoms with Crippen molar-refractivity contribution in [3.05, 3.63) is 35.6 Å². The van der Waals surface area contributed by atoms with Crippen LogP contribution in [0.3, 0.4) is 0 Å². The number of carboxylic acid groups (broad SMARTS) is 1. The summed E-state index contributed by atoms with van der Waals surface area (Å²) in [6.07, 6.45) is 0.537. The van der Waals surface area contributed by atoms with E-state index in [-0.39, 0.29) is 11.9 Å². The fourth-order valence-corrected chi connectivity index (χ4v) is 1.55. The molecule has 1 aromatic carbocycles. The number of urea groups is 1. The Morgan fingerprint density at radius 1 is 1.21 bits per heavy atom. The van der Waals surface area contributed by atoms with Gasteiger partial charge in [0.2, 0.25) is 0 Å². The summed E-state index contributed by atoms with van der Waals surface area (Å²) < 4.78 is 12.7. The molecule has 6 heteroatoms. The molecular weight excluding hydrogens is 251 g/mol. The van der Waals surface area contributed by atoms with Crippen molar-refractivity contribution in [3.63, 3.8) is 0 Å². The van der Waals surface area contributed by atoms with Crippen LogP contribution in [0, 0.1) is 5.82 Å². The lowest BCUT2D eigenvalue weighted by molar-refractivity contribution is -0.138. The lowest BCUT2D eigenvalue weighted by Crippen LogP contribution is -2.47. The van der Waals surface area contributed by atoms with Crippen LogP contribution in [0.2, 0.25) is 0 Å². The zero-order valence-electron chi connectivity index (χ0n) is 10.8. The van der Waals surface area contributed by atoms with Crippen molar-refractivity contribution in [2.45, 2.75) is 32.4 Å². The van der Waals surface area contributed by atoms with E-state index in [4.69, 9.17) is 5.11 Å². The van der Waals surface area contributed by atoms with E-state index >= 15 is 0 Å². The first kappa shape index (κ1) is 14.9. The molecule has 0 heterocycles. The van der Waals surface area contributed by atoms with Gasteiger partial charge < -0.3 is 15.7 Å². The first-order valence-corrected chi connectivity index (χ1v) is 5.92. The summed E-state index contributed by atoms with van der Waals surface area (Å²) in [4.78, 5) is 22.0. The van der Waals surface area contributed by atoms with E-state index in [1.54, 1.807) is 19.1 Å². The summed E-state index contributed by atoms with van der Waals surface area (Å²) in [7, 11) is 0. The average molecular weight is 268 g/mol. The Kier molecular flexibility index (Phi) is 5.29. The molecule has 0 aliphatic rings. The molecule has 2 atom stereocenters. The molecule has 0 radical (unpaired) electrons. The number of aliphatic carboxylic acids is 1. The van der Waals surface area contributed by atoms with Gasteiger partial charge in [-0.25, -0.2) is 9.18 Å². The third kappa shape index (κ3) is 5.37. The van der Waals surface area contributed by atoms with Crippen molar-refractivity contribution in [2.75, 3.05) is 0 Å². The fraction of sp³-hybridized carbons (Fsp3) is 0.385. The van der Waals surface area contributed by atoms with E-state index in [9.17, 15) is 14.0 Å². The van der Waals surface area contributed by atoms with Gasteiger partial charge in [0.1, 0.15) is 11.9 Å². The Labute approximate surface area is 110 Å². The summed E-state index contributed by atoms with van der Waals surface area (Å²) in [5.41, 5.74) is 0.889. The molecule has 3 N–H and O–H groups in total. The number of halogens is 1. The summed E-state index contributed by atoms with van der Waals surface area (Å²) in [6.45, 7) is 3.17. The van der Waals surface area contributed by atoms with Crippen LogP contribution in [0.1, 0.15) is 19.4 Å². The minimum Gasteiger partial charge on any atom is -0.480 e. The Balaban J connectivity index is 2.42. The molecule has 1 rings (SSSR count). The summed E-state index contributed by atoms with van der Waals surface area (Å²) >= 11 is 0. The fourth-order valence-electron chi connectivity index (χ4n) is 1.55. The highest BCUT2D eigenvalue weighted by Gasteiger charge is 2.15. The maximum absolute atomic E-state index is 12.7. The van der Waals surface area contributed by atoms with Crippen molar-refractivity contribution in [1.29, 1.82) is 0 Å². The van der Waals surface area contributed by atoms with Gasteiger partial charge in [-0.2, -0.15) is 0 Å². The van der Waals surface area contributed by atoms with Crippen LogP contribution >= 0.6 is 0 Å². The number of hydrogen-bond acceptors (Lipinski definition) is 2. The van der Waals surface area contributed by atoms with Crippen LogP contribution in [0.15, 0.2) is 24.3 Å². The highest BCUT2D eigenvalue weighted by molar-refractivity contribution is 5.82. The molecule has 19 heavy (non-hydrogen) atoms. The Hall–Kier alpha value is -2.11. The van der Waals surface area contributed by atoms with Crippen molar-refractivity contribution >= 4 is 12.0 Å². The van der Waals surface area contributed by atoms with Gasteiger partial charge in [-0.1, -0.05) is 12.1 Å². The van der Waals surface area contributed by atoms with Gasteiger partial charge in [-0.3, -0.25) is 4.79 Å². The van der Waals surface area contributed by atoms with E-state index in [1.807, 2.05) is 0 Å². The minimum atomic E-state index is -1.10. The molecule has 0 bridgehead atoms. The largest absolute Gasteiger partial charge is 0.480 e. The number of rotatable bonds is 5. The van der Waals surface area contributed by atoms with E-state index in [0.29, 0.717) is 6.42 Å². The molecule has 5 nitrogen and oxygen atoms in total. The monoisotopic (exact) mass is 268 g/mol. The average Bonchev–Trinajstić information content (AvgIpc) is 2.31. The van der Waals surface area contributed by atoms with E-state index in [2.05, 4.69) is 10.6 Å². The maximum atomic E-state index is 12.7. The predicted octanol–water partition coefficient (Wildman–Crippen LogP) is 1.53. The third-order valence-corrected chi connectivity index (χ3v) is 2.55. The van der Waals surface area contributed by atoms with Crippen LogP contribution in [0.5, 0.6) is 0 Å². The quantitative estimate of drug-likeness (QED) is 0.757. The molecule has 1 aromatic rings. The molecule has 0 spiro atoms. The minimum absolute atomic E-state index is 0.188. The van der Waals surface area contributed by atoms with Gasteiger partial charge in [0, 0.05) is 6.04 Å². The molecule has 104 valence electrons. The maximum Gasteiger partial charge on any atom is 0.325 e. The normalized spacial score (nSPS) is 13.4. The van der Waals surface area contributed by atoms with Gasteiger partial charge in [-0.15, -0.1) is 0 Å². The molecule has 0 aromatic heterocycles. The number of amides is 2. The topological polar surface area (TPSA) is 78.4 Å². The summed E-state index contributed by atoms with van der Waals surface area (Å²) in [5.74, 6) is -1.40. The van der Waals surface area contributed by atoms with Gasteiger partial charge in [-0.05, 0) is 38.0 Å². The van der Waals surface area contributed by atoms with Crippen LogP contribution in [0.25, 0.3) is 0 Å². The van der Waals surface area contributed by atoms with Crippen LogP contribution in [0.4, 0.5) is 9.18 Å². The number of carbonyl (C=O) groups is 2. The number of carboxylic acids is 1. The summed E-state index contributed by atoms with van der Waals surface area (Å²) in [6, 6.07) is 4.33. The number of hydrogen-bond donors (Lipinski definition) is 3. The van der Waals surface area contributed by atoms with Crippen molar-refractivity contribution in [2.24, 2.45) is 0 Å². The second-order valence-corrected chi connectivity index (χ2v) is 4.41. The number of nitrogens with one attached hydrogen (secondary N) is 2. The Morgan fingerprint density at radius 3 is 2.32 bits per heavy atom. The van der Waals surface area contributed by atoms with Crippen LogP contribution < -0.4 is 10.6 Å². The molecule has 0 fully saturated rings. The third-order valence-electron chi connectivity index (χ3n) is 2.55. The molecule has 0 saturated heterocycles. The number of benzene rings is 1. The van der Waals surface area contributed by atoms with Crippen molar-refractivity contribution in [1.82, 2.24) is 10.6 Å². The number of carbonyl (C=O) groups excluding carboxylic acids is 1. The van der Waals surface area contributed by atoms with Gasteiger partial charge in [0.05, 0.1) is 0 Å². The Morgan fingerprint density at radius 2 is 1.79 bits per heavy atom. The van der Waals surface area contributed by atoms with Gasteiger partial charge in [0.15, 0.2) is 0 Å². The lowest BCUT2D eigenvalue weighted by atomic mass is 10.1. The highest BCUT2D eigenvalue weighted by Crippen LogP contribution is 2.05. The van der Waals surface area contributed by atoms with E-state index in [0.717, 1.165) is 5.56 Å². The molecule has 0 saturated carbocycles. The second kappa shape index (κ2) is 6.72. The molecule has 2 amide bonds. The standard InChI is InChI=1S/C13H17FN2O3/c1-8(7-10-3-5-11(14)6-4-10)15-13(19)16-9(2)12(17)18/h3-6,8-9H,7H2,1-2H3,(H,17,18)(H2,15,16,19). The zero-order valence-corrected chi connectivity index (χ0v) is 10.8. The first-order chi connectivity index (χ1) is 8.88. The molecule has 2 unspecified atom stereocenters. The highest BCUT2D eigenvalue weighted by atomic mass is 19.1. The zero-order chi connectivity index (χ0) is 14.4. The second-order valence-electron chi connectivity index (χ2n) is 4.41. The van der Waals surface area contributed by atoms with Crippen LogP contribution in [-0.2, 0) is 11.2 Å². The first-order valence-electron chi connectivity index (χ1n) is 5.92. The van der Waals surface area contributed by atoms with E-state index in [1.165, 1.54) is 19.1 Å². The molecule has 0 aliphatic heterocycles. The molecule has 0 aliphatic carbocycles. The van der Waals surface area contributed by atoms with Crippen LogP contribution in [-0.4, -0.2) is 29.2 Å².